The zero-order chi connectivity index (χ0) is 14.3. The van der Waals surface area contributed by atoms with E-state index in [1.165, 1.54) is 11.9 Å². The Bertz CT molecular complexity index is 383. The first kappa shape index (κ1) is 14.9. The molecule has 0 spiro atoms. The minimum absolute atomic E-state index is 0.0575. The Morgan fingerprint density at radius 1 is 0.842 bits per heavy atom. The smallest absolute Gasteiger partial charge is 0.240 e. The lowest BCUT2D eigenvalue weighted by Crippen LogP contribution is -2.44. The van der Waals surface area contributed by atoms with E-state index in [4.69, 9.17) is 0 Å². The fourth-order valence-corrected chi connectivity index (χ4v) is 1.50. The van der Waals surface area contributed by atoms with Gasteiger partial charge in [-0.1, -0.05) is 0 Å². The highest BCUT2D eigenvalue weighted by Crippen LogP contribution is 1.96. The van der Waals surface area contributed by atoms with Crippen LogP contribution in [0.4, 0.5) is 0 Å². The molecule has 1 rings (SSSR count). The van der Waals surface area contributed by atoms with Crippen LogP contribution >= 0.6 is 0 Å². The second kappa shape index (κ2) is 7.34. The van der Waals surface area contributed by atoms with Gasteiger partial charge in [-0.25, -0.2) is 0 Å². The van der Waals surface area contributed by atoms with E-state index in [0.717, 1.165) is 0 Å². The van der Waals surface area contributed by atoms with Crippen LogP contribution in [-0.2, 0) is 19.2 Å². The summed E-state index contributed by atoms with van der Waals surface area (Å²) >= 11 is 0. The van der Waals surface area contributed by atoms with Gasteiger partial charge in [-0.2, -0.15) is 0 Å². The monoisotopic (exact) mass is 270 g/mol. The molecule has 1 heterocycles. The third-order valence-corrected chi connectivity index (χ3v) is 2.59. The molecule has 1 aliphatic heterocycles. The van der Waals surface area contributed by atoms with Crippen LogP contribution in [0.25, 0.3) is 0 Å². The Hall–Kier alpha value is -2.12. The average molecular weight is 270 g/mol. The van der Waals surface area contributed by atoms with Gasteiger partial charge in [0.25, 0.3) is 0 Å². The number of amides is 4. The van der Waals surface area contributed by atoms with Crippen molar-refractivity contribution in [3.05, 3.63) is 0 Å². The molecule has 0 atom stereocenters. The minimum atomic E-state index is -0.410. The van der Waals surface area contributed by atoms with Crippen LogP contribution in [0.15, 0.2) is 0 Å². The molecular formula is C11H18N4O4. The fourth-order valence-electron chi connectivity index (χ4n) is 1.50. The van der Waals surface area contributed by atoms with Gasteiger partial charge in [0, 0.05) is 33.0 Å². The highest BCUT2D eigenvalue weighted by Gasteiger charge is 2.15. The van der Waals surface area contributed by atoms with Crippen LogP contribution in [0, 0.1) is 0 Å². The zero-order valence-corrected chi connectivity index (χ0v) is 10.8. The van der Waals surface area contributed by atoms with Crippen molar-refractivity contribution < 1.29 is 19.2 Å². The molecule has 0 radical (unpaired) electrons. The van der Waals surface area contributed by atoms with Crippen molar-refractivity contribution in [3.63, 3.8) is 0 Å². The van der Waals surface area contributed by atoms with Crippen LogP contribution in [-0.4, -0.2) is 61.8 Å². The van der Waals surface area contributed by atoms with Crippen molar-refractivity contribution >= 4 is 23.6 Å². The van der Waals surface area contributed by atoms with Gasteiger partial charge in [0.1, 0.15) is 0 Å². The number of carbonyl (C=O) groups excluding carboxylic acids is 4. The summed E-state index contributed by atoms with van der Waals surface area (Å²) in [5.41, 5.74) is 0. The number of nitrogens with one attached hydrogen (secondary N) is 3. The van der Waals surface area contributed by atoms with Crippen molar-refractivity contribution in [1.29, 1.82) is 0 Å². The Morgan fingerprint density at radius 2 is 1.47 bits per heavy atom. The standard InChI is InChI=1S/C11H18N4O4/c1-15-7-10(18)14-6-9(17)13-5-4-12-8(16)2-3-11(15)19/h2-7H2,1H3,(H,12,16)(H,13,17)(H,14,18). The van der Waals surface area contributed by atoms with Crippen LogP contribution in [0.2, 0.25) is 0 Å². The molecule has 0 unspecified atom stereocenters. The van der Waals surface area contributed by atoms with Gasteiger partial charge in [0.05, 0.1) is 13.1 Å². The second-order valence-corrected chi connectivity index (χ2v) is 4.23. The molecule has 0 aromatic carbocycles. The lowest BCUT2D eigenvalue weighted by molar-refractivity contribution is -0.136. The Kier molecular flexibility index (Phi) is 5.77. The molecule has 19 heavy (non-hydrogen) atoms. The summed E-state index contributed by atoms with van der Waals surface area (Å²) in [7, 11) is 1.48. The molecule has 8 heteroatoms. The quantitative estimate of drug-likeness (QED) is 0.455. The van der Waals surface area contributed by atoms with E-state index in [2.05, 4.69) is 16.0 Å². The van der Waals surface area contributed by atoms with Crippen molar-refractivity contribution in [2.24, 2.45) is 0 Å². The molecular weight excluding hydrogens is 252 g/mol. The maximum absolute atomic E-state index is 11.6. The van der Waals surface area contributed by atoms with Crippen molar-refractivity contribution in [3.8, 4) is 0 Å². The van der Waals surface area contributed by atoms with E-state index in [0.29, 0.717) is 6.54 Å². The molecule has 1 saturated heterocycles. The summed E-state index contributed by atoms with van der Waals surface area (Å²) in [6.07, 6.45) is 0.126. The third-order valence-electron chi connectivity index (χ3n) is 2.59. The third kappa shape index (κ3) is 5.84. The first-order valence-corrected chi connectivity index (χ1v) is 6.03. The van der Waals surface area contributed by atoms with Gasteiger partial charge in [-0.3, -0.25) is 19.2 Å². The van der Waals surface area contributed by atoms with Gasteiger partial charge < -0.3 is 20.9 Å². The summed E-state index contributed by atoms with van der Waals surface area (Å²) in [4.78, 5) is 47.0. The largest absolute Gasteiger partial charge is 0.354 e. The summed E-state index contributed by atoms with van der Waals surface area (Å²) in [6.45, 7) is 0.305. The van der Waals surface area contributed by atoms with Gasteiger partial charge in [-0.15, -0.1) is 0 Å². The second-order valence-electron chi connectivity index (χ2n) is 4.23. The highest BCUT2D eigenvalue weighted by atomic mass is 16.2. The minimum Gasteiger partial charge on any atom is -0.354 e. The van der Waals surface area contributed by atoms with Crippen LogP contribution in [0.3, 0.4) is 0 Å². The number of hydrogen-bond donors (Lipinski definition) is 3. The number of rotatable bonds is 0. The molecule has 0 aliphatic carbocycles. The van der Waals surface area contributed by atoms with Gasteiger partial charge in [-0.05, 0) is 0 Å². The van der Waals surface area contributed by atoms with Crippen molar-refractivity contribution in [1.82, 2.24) is 20.9 Å². The summed E-state index contributed by atoms with van der Waals surface area (Å²) < 4.78 is 0. The lowest BCUT2D eigenvalue weighted by Gasteiger charge is -2.17. The topological polar surface area (TPSA) is 108 Å². The van der Waals surface area contributed by atoms with E-state index in [9.17, 15) is 19.2 Å². The predicted molar refractivity (Wildman–Crippen MR) is 65.9 cm³/mol. The molecule has 0 aromatic rings. The molecule has 106 valence electrons. The van der Waals surface area contributed by atoms with E-state index >= 15 is 0 Å². The van der Waals surface area contributed by atoms with Crippen molar-refractivity contribution in [2.45, 2.75) is 12.8 Å². The van der Waals surface area contributed by atoms with Crippen LogP contribution in [0.1, 0.15) is 12.8 Å². The summed E-state index contributed by atoms with van der Waals surface area (Å²) in [5, 5.41) is 7.55. The van der Waals surface area contributed by atoms with E-state index in [1.54, 1.807) is 0 Å². The summed E-state index contributed by atoms with van der Waals surface area (Å²) in [6, 6.07) is 0. The summed E-state index contributed by atoms with van der Waals surface area (Å²) in [5.74, 6) is -1.29. The molecule has 1 fully saturated rings. The number of nitrogens with zero attached hydrogens (tertiary/aromatic N) is 1. The molecule has 3 N–H and O–H groups in total. The number of hydrogen-bond acceptors (Lipinski definition) is 4. The normalized spacial score (nSPS) is 20.2. The van der Waals surface area contributed by atoms with E-state index in [-0.39, 0.29) is 50.2 Å². The molecule has 0 bridgehead atoms. The Balaban J connectivity index is 2.58. The average Bonchev–Trinajstić information content (AvgIpc) is 2.37. The first-order valence-electron chi connectivity index (χ1n) is 6.03. The van der Waals surface area contributed by atoms with Gasteiger partial charge >= 0.3 is 0 Å². The highest BCUT2D eigenvalue weighted by molar-refractivity contribution is 5.89. The fraction of sp³-hybridized carbons (Fsp3) is 0.636. The molecule has 4 amide bonds. The van der Waals surface area contributed by atoms with Gasteiger partial charge in [0.2, 0.25) is 23.6 Å². The SMILES string of the molecule is CN1CC(=O)NCC(=O)NCCNC(=O)CCC1=O. The maximum atomic E-state index is 11.6. The zero-order valence-electron chi connectivity index (χ0n) is 10.8. The molecule has 1 aliphatic rings. The van der Waals surface area contributed by atoms with Crippen LogP contribution < -0.4 is 16.0 Å². The molecule has 8 nitrogen and oxygen atoms in total. The number of carbonyl (C=O) groups is 4. The number of likely N-dealkylation sites (N-methyl/N-ethyl adjacent to an activating group) is 1. The molecule has 0 aromatic heterocycles. The lowest BCUT2D eigenvalue weighted by atomic mass is 10.2. The Labute approximate surface area is 110 Å². The molecule has 0 saturated carbocycles. The van der Waals surface area contributed by atoms with Crippen molar-refractivity contribution in [2.75, 3.05) is 33.2 Å². The maximum Gasteiger partial charge on any atom is 0.240 e. The predicted octanol–water partition coefficient (Wildman–Crippen LogP) is -2.41. The first-order chi connectivity index (χ1) is 8.99. The van der Waals surface area contributed by atoms with E-state index in [1.807, 2.05) is 0 Å². The van der Waals surface area contributed by atoms with E-state index < -0.39 is 5.91 Å². The van der Waals surface area contributed by atoms with Gasteiger partial charge in [0.15, 0.2) is 0 Å². The Morgan fingerprint density at radius 3 is 2.16 bits per heavy atom. The van der Waals surface area contributed by atoms with Crippen LogP contribution in [0.5, 0.6) is 0 Å².